The molecule has 1 aromatic carbocycles. The fourth-order valence-electron chi connectivity index (χ4n) is 2.57. The minimum Gasteiger partial charge on any atom is -0.490 e. The van der Waals surface area contributed by atoms with Gasteiger partial charge in [0.1, 0.15) is 11.6 Å². The first-order chi connectivity index (χ1) is 13.0. The Bertz CT molecular complexity index is 748. The molecule has 0 saturated carbocycles. The van der Waals surface area contributed by atoms with E-state index in [1.54, 1.807) is 25.1 Å². The van der Waals surface area contributed by atoms with Crippen LogP contribution in [0.5, 0.6) is 11.5 Å². The molecular weight excluding hydrogens is 350 g/mol. The molecule has 0 aliphatic carbocycles. The maximum Gasteiger partial charge on any atom is 0.262 e. The van der Waals surface area contributed by atoms with Crippen LogP contribution >= 0.6 is 0 Å². The Morgan fingerprint density at radius 2 is 2.22 bits per heavy atom. The smallest absolute Gasteiger partial charge is 0.262 e. The predicted octanol–water partition coefficient (Wildman–Crippen LogP) is 1.15. The molecule has 1 aliphatic heterocycles. The van der Waals surface area contributed by atoms with Gasteiger partial charge < -0.3 is 25.3 Å². The molecule has 1 aromatic rings. The second-order valence-corrected chi connectivity index (χ2v) is 5.91. The second-order valence-electron chi connectivity index (χ2n) is 5.91. The van der Waals surface area contributed by atoms with Crippen molar-refractivity contribution in [3.63, 3.8) is 0 Å². The van der Waals surface area contributed by atoms with Gasteiger partial charge in [-0.3, -0.25) is 9.59 Å². The number of nitrogens with two attached hydrogens (primary N) is 1. The van der Waals surface area contributed by atoms with Gasteiger partial charge in [0.15, 0.2) is 18.1 Å². The standard InChI is InChI=1S/C19H23N3O5/c1-2-25-17-9-13(5-6-16(17)27-12-18(21)23)8-14(10-20)19(24)22-11-15-4-3-7-26-15/h5-6,8-9,15H,2-4,7,11-12H2,1H3,(H2,21,23)(H,22,24)/b14-8-/t15-/m0/s1. The zero-order valence-corrected chi connectivity index (χ0v) is 15.2. The largest absolute Gasteiger partial charge is 0.490 e. The van der Waals surface area contributed by atoms with Crippen molar-refractivity contribution >= 4 is 17.9 Å². The highest BCUT2D eigenvalue weighted by Crippen LogP contribution is 2.29. The van der Waals surface area contributed by atoms with Crippen LogP contribution in [-0.2, 0) is 14.3 Å². The molecule has 3 N–H and O–H groups in total. The molecule has 0 unspecified atom stereocenters. The van der Waals surface area contributed by atoms with Crippen LogP contribution in [0.1, 0.15) is 25.3 Å². The molecule has 2 amide bonds. The number of primary amides is 1. The Morgan fingerprint density at radius 1 is 1.41 bits per heavy atom. The van der Waals surface area contributed by atoms with Crippen molar-refractivity contribution in [2.75, 3.05) is 26.4 Å². The van der Waals surface area contributed by atoms with E-state index in [0.717, 1.165) is 12.8 Å². The maximum absolute atomic E-state index is 12.2. The third kappa shape index (κ3) is 6.31. The zero-order valence-electron chi connectivity index (χ0n) is 15.2. The second kappa shape index (κ2) is 10.2. The van der Waals surface area contributed by atoms with E-state index in [2.05, 4.69) is 5.32 Å². The summed E-state index contributed by atoms with van der Waals surface area (Å²) < 4.78 is 16.2. The molecule has 1 atom stereocenters. The number of nitriles is 1. The fraction of sp³-hybridized carbons (Fsp3) is 0.421. The van der Waals surface area contributed by atoms with Gasteiger partial charge in [0.2, 0.25) is 0 Å². The average Bonchev–Trinajstić information content (AvgIpc) is 3.17. The molecule has 1 saturated heterocycles. The number of ether oxygens (including phenoxy) is 3. The van der Waals surface area contributed by atoms with Crippen molar-refractivity contribution < 1.29 is 23.8 Å². The Balaban J connectivity index is 2.11. The van der Waals surface area contributed by atoms with Gasteiger partial charge in [-0.2, -0.15) is 5.26 Å². The highest BCUT2D eigenvalue weighted by Gasteiger charge is 2.18. The van der Waals surface area contributed by atoms with Crippen molar-refractivity contribution in [2.24, 2.45) is 5.73 Å². The van der Waals surface area contributed by atoms with Crippen LogP contribution in [0.3, 0.4) is 0 Å². The first-order valence-corrected chi connectivity index (χ1v) is 8.73. The van der Waals surface area contributed by atoms with Gasteiger partial charge in [-0.15, -0.1) is 0 Å². The lowest BCUT2D eigenvalue weighted by molar-refractivity contribution is -0.120. The summed E-state index contributed by atoms with van der Waals surface area (Å²) in [4.78, 5) is 23.1. The van der Waals surface area contributed by atoms with Gasteiger partial charge in [0.05, 0.1) is 12.7 Å². The molecule has 1 heterocycles. The molecule has 1 fully saturated rings. The summed E-state index contributed by atoms with van der Waals surface area (Å²) in [6.45, 7) is 2.99. The van der Waals surface area contributed by atoms with Gasteiger partial charge in [0, 0.05) is 13.2 Å². The third-order valence-electron chi connectivity index (χ3n) is 3.83. The number of nitrogens with one attached hydrogen (secondary N) is 1. The van der Waals surface area contributed by atoms with Gasteiger partial charge in [-0.1, -0.05) is 6.07 Å². The fourth-order valence-corrected chi connectivity index (χ4v) is 2.57. The van der Waals surface area contributed by atoms with E-state index < -0.39 is 11.8 Å². The summed E-state index contributed by atoms with van der Waals surface area (Å²) in [7, 11) is 0. The lowest BCUT2D eigenvalue weighted by atomic mass is 10.1. The maximum atomic E-state index is 12.2. The van der Waals surface area contributed by atoms with Crippen LogP contribution in [0.4, 0.5) is 0 Å². The predicted molar refractivity (Wildman–Crippen MR) is 97.9 cm³/mol. The summed E-state index contributed by atoms with van der Waals surface area (Å²) in [6.07, 6.45) is 3.34. The van der Waals surface area contributed by atoms with Crippen molar-refractivity contribution in [3.05, 3.63) is 29.3 Å². The number of carbonyl (C=O) groups excluding carboxylic acids is 2. The highest BCUT2D eigenvalue weighted by molar-refractivity contribution is 6.01. The summed E-state index contributed by atoms with van der Waals surface area (Å²) in [5.41, 5.74) is 5.65. The average molecular weight is 373 g/mol. The van der Waals surface area contributed by atoms with Crippen LogP contribution in [0, 0.1) is 11.3 Å². The number of hydrogen-bond donors (Lipinski definition) is 2. The monoisotopic (exact) mass is 373 g/mol. The summed E-state index contributed by atoms with van der Waals surface area (Å²) in [6, 6.07) is 6.79. The van der Waals surface area contributed by atoms with E-state index in [1.165, 1.54) is 6.08 Å². The Kier molecular flexibility index (Phi) is 7.64. The molecule has 2 rings (SSSR count). The van der Waals surface area contributed by atoms with Crippen LogP contribution in [0.2, 0.25) is 0 Å². The van der Waals surface area contributed by atoms with Crippen LogP contribution in [0.15, 0.2) is 23.8 Å². The number of benzene rings is 1. The van der Waals surface area contributed by atoms with Crippen LogP contribution in [-0.4, -0.2) is 44.3 Å². The van der Waals surface area contributed by atoms with E-state index in [4.69, 9.17) is 19.9 Å². The quantitative estimate of drug-likeness (QED) is 0.494. The van der Waals surface area contributed by atoms with Crippen LogP contribution < -0.4 is 20.5 Å². The van der Waals surface area contributed by atoms with Crippen molar-refractivity contribution in [3.8, 4) is 17.6 Å². The SMILES string of the molecule is CCOc1cc(/C=C(/C#N)C(=O)NC[C@@H]2CCCO2)ccc1OCC(N)=O. The van der Waals surface area contributed by atoms with Crippen molar-refractivity contribution in [1.82, 2.24) is 5.32 Å². The van der Waals surface area contributed by atoms with Crippen molar-refractivity contribution in [1.29, 1.82) is 5.26 Å². The third-order valence-corrected chi connectivity index (χ3v) is 3.83. The van der Waals surface area contributed by atoms with E-state index in [1.807, 2.05) is 6.07 Å². The first kappa shape index (κ1) is 20.3. The van der Waals surface area contributed by atoms with E-state index in [9.17, 15) is 14.9 Å². The Hall–Kier alpha value is -3.05. The van der Waals surface area contributed by atoms with Gasteiger partial charge in [-0.05, 0) is 43.5 Å². The van der Waals surface area contributed by atoms with Gasteiger partial charge in [-0.25, -0.2) is 0 Å². The minimum atomic E-state index is -0.601. The highest BCUT2D eigenvalue weighted by atomic mass is 16.5. The topological polar surface area (TPSA) is 124 Å². The zero-order chi connectivity index (χ0) is 19.6. The molecule has 0 aromatic heterocycles. The summed E-state index contributed by atoms with van der Waals surface area (Å²) in [5, 5.41) is 12.0. The van der Waals surface area contributed by atoms with E-state index in [-0.39, 0.29) is 18.3 Å². The lowest BCUT2D eigenvalue weighted by Crippen LogP contribution is -2.32. The molecule has 8 heteroatoms. The van der Waals surface area contributed by atoms with E-state index in [0.29, 0.717) is 36.8 Å². The molecular formula is C19H23N3O5. The number of carbonyl (C=O) groups is 2. The molecule has 8 nitrogen and oxygen atoms in total. The molecule has 0 spiro atoms. The van der Waals surface area contributed by atoms with Crippen LogP contribution in [0.25, 0.3) is 6.08 Å². The molecule has 0 bridgehead atoms. The lowest BCUT2D eigenvalue weighted by Gasteiger charge is -2.12. The van der Waals surface area contributed by atoms with Gasteiger partial charge >= 0.3 is 0 Å². The number of hydrogen-bond acceptors (Lipinski definition) is 6. The number of amides is 2. The first-order valence-electron chi connectivity index (χ1n) is 8.73. The number of nitrogens with zero attached hydrogens (tertiary/aromatic N) is 1. The number of rotatable bonds is 9. The molecule has 0 radical (unpaired) electrons. The normalized spacial score (nSPS) is 16.4. The minimum absolute atomic E-state index is 0.000127. The molecule has 1 aliphatic rings. The Labute approximate surface area is 157 Å². The molecule has 144 valence electrons. The van der Waals surface area contributed by atoms with E-state index >= 15 is 0 Å². The Morgan fingerprint density at radius 3 is 2.85 bits per heavy atom. The molecule has 27 heavy (non-hydrogen) atoms. The van der Waals surface area contributed by atoms with Crippen molar-refractivity contribution in [2.45, 2.75) is 25.9 Å². The van der Waals surface area contributed by atoms with Gasteiger partial charge in [0.25, 0.3) is 11.8 Å². The summed E-state index contributed by atoms with van der Waals surface area (Å²) >= 11 is 0. The summed E-state index contributed by atoms with van der Waals surface area (Å²) in [5.74, 6) is -0.310.